The third-order valence-corrected chi connectivity index (χ3v) is 3.80. The Kier molecular flexibility index (Phi) is 8.55. The molecule has 1 radical (unpaired) electrons. The molecule has 3 rings (SSSR count). The van der Waals surface area contributed by atoms with E-state index in [2.05, 4.69) is 63.2 Å². The molecule has 3 nitrogen and oxygen atoms in total. The summed E-state index contributed by atoms with van der Waals surface area (Å²) in [4.78, 5) is 14.8. The van der Waals surface area contributed by atoms with Crippen LogP contribution in [0.15, 0.2) is 54.3 Å². The Hall–Kier alpha value is -2.29. The number of aliphatic hydroxyl groups is 1. The minimum absolute atomic E-state index is 0. The molecule has 0 atom stereocenters. The number of aromatic nitrogens is 1. The monoisotopic (exact) mass is 539 g/mol. The summed E-state index contributed by atoms with van der Waals surface area (Å²) >= 11 is 0. The molecule has 0 saturated heterocycles. The summed E-state index contributed by atoms with van der Waals surface area (Å²) in [6.45, 7) is 9.14. The van der Waals surface area contributed by atoms with E-state index in [1.807, 2.05) is 6.07 Å². The Bertz CT molecular complexity index is 956. The molecule has 3 aromatic rings. The van der Waals surface area contributed by atoms with Gasteiger partial charge in [-0.1, -0.05) is 30.2 Å². The summed E-state index contributed by atoms with van der Waals surface area (Å²) in [5.74, 6) is -0.0625. The second kappa shape index (κ2) is 10.1. The largest absolute Gasteiger partial charge is 0.512 e. The average Bonchev–Trinajstić information content (AvgIpc) is 2.54. The molecule has 0 aliphatic rings. The molecule has 2 aromatic carbocycles. The van der Waals surface area contributed by atoms with Crippen LogP contribution in [0.1, 0.15) is 30.5 Å². The molecule has 143 valence electrons. The van der Waals surface area contributed by atoms with E-state index in [4.69, 9.17) is 10.1 Å². The number of rotatable bonds is 2. The quantitative estimate of drug-likeness (QED) is 0.260. The standard InChI is InChI=1S/C18H16N.C5H8O2.Ir/c1-12-4-7-15(8-5-12)18-14(3)11-16-10-13(2)6-9-17(16)19-18;1-4(6)3-5(2)7;/h4-7,9-11H,1-3H3;3,6H,1-2H3;/q-1;;/b;4-3-;. The van der Waals surface area contributed by atoms with Crippen molar-refractivity contribution in [2.75, 3.05) is 0 Å². The van der Waals surface area contributed by atoms with Gasteiger partial charge in [-0.05, 0) is 50.9 Å². The predicted octanol–water partition coefficient (Wildman–Crippen LogP) is 5.66. The van der Waals surface area contributed by atoms with Gasteiger partial charge < -0.3 is 5.11 Å². The van der Waals surface area contributed by atoms with Gasteiger partial charge in [-0.15, -0.1) is 35.4 Å². The fourth-order valence-electron chi connectivity index (χ4n) is 2.62. The first-order valence-electron chi connectivity index (χ1n) is 8.51. The molecule has 0 aliphatic carbocycles. The Morgan fingerprint density at radius 3 is 2.22 bits per heavy atom. The van der Waals surface area contributed by atoms with Crippen LogP contribution in [0.25, 0.3) is 22.2 Å². The van der Waals surface area contributed by atoms with Crippen molar-refractivity contribution in [2.45, 2.75) is 34.6 Å². The molecule has 1 heterocycles. The average molecular weight is 539 g/mol. The third kappa shape index (κ3) is 6.74. The number of carbonyl (C=O) groups excluding carboxylic acids is 1. The molecule has 0 aliphatic heterocycles. The Balaban J connectivity index is 0.000000395. The number of ketones is 1. The van der Waals surface area contributed by atoms with Gasteiger partial charge in [0.1, 0.15) is 0 Å². The number of allylic oxidation sites excluding steroid dienone is 2. The first-order valence-corrected chi connectivity index (χ1v) is 8.51. The number of hydrogen-bond acceptors (Lipinski definition) is 3. The molecular weight excluding hydrogens is 514 g/mol. The van der Waals surface area contributed by atoms with Crippen LogP contribution in [0.3, 0.4) is 0 Å². The normalized spacial score (nSPS) is 10.6. The van der Waals surface area contributed by atoms with E-state index in [1.54, 1.807) is 0 Å². The molecule has 0 saturated carbocycles. The van der Waals surface area contributed by atoms with Gasteiger partial charge in [0.25, 0.3) is 0 Å². The number of pyridine rings is 1. The van der Waals surface area contributed by atoms with Gasteiger partial charge >= 0.3 is 0 Å². The van der Waals surface area contributed by atoms with Crippen LogP contribution in [0.2, 0.25) is 0 Å². The number of carbonyl (C=O) groups is 1. The predicted molar refractivity (Wildman–Crippen MR) is 107 cm³/mol. The van der Waals surface area contributed by atoms with Crippen molar-refractivity contribution >= 4 is 16.7 Å². The maximum absolute atomic E-state index is 10.0. The topological polar surface area (TPSA) is 50.2 Å². The van der Waals surface area contributed by atoms with Crippen LogP contribution in [0.4, 0.5) is 0 Å². The van der Waals surface area contributed by atoms with E-state index in [-0.39, 0.29) is 31.6 Å². The SMILES string of the molecule is CC(=O)/C=C(/C)O.Cc1c[c-]c(-c2nc3ccc(C)cc3cc2C)cc1.[Ir]. The summed E-state index contributed by atoms with van der Waals surface area (Å²) in [6, 6.07) is 18.1. The molecular formula is C23H24IrNO2-. The van der Waals surface area contributed by atoms with Crippen LogP contribution in [0, 0.1) is 26.8 Å². The molecule has 1 N–H and O–H groups in total. The van der Waals surface area contributed by atoms with E-state index in [0.717, 1.165) is 16.8 Å². The molecule has 0 bridgehead atoms. The van der Waals surface area contributed by atoms with Crippen molar-refractivity contribution in [2.24, 2.45) is 0 Å². The van der Waals surface area contributed by atoms with Crippen LogP contribution in [-0.4, -0.2) is 15.9 Å². The second-order valence-corrected chi connectivity index (χ2v) is 6.53. The zero-order valence-electron chi connectivity index (χ0n) is 16.3. The van der Waals surface area contributed by atoms with E-state index in [9.17, 15) is 4.79 Å². The van der Waals surface area contributed by atoms with E-state index in [0.29, 0.717) is 0 Å². The molecule has 0 spiro atoms. The van der Waals surface area contributed by atoms with Gasteiger partial charge in [0.2, 0.25) is 0 Å². The van der Waals surface area contributed by atoms with Crippen molar-refractivity contribution in [1.82, 2.24) is 4.98 Å². The Morgan fingerprint density at radius 1 is 1.04 bits per heavy atom. The van der Waals surface area contributed by atoms with Crippen LogP contribution in [-0.2, 0) is 24.9 Å². The second-order valence-electron chi connectivity index (χ2n) is 6.53. The van der Waals surface area contributed by atoms with E-state index in [1.165, 1.54) is 42.0 Å². The molecule has 1 aromatic heterocycles. The number of fused-ring (bicyclic) bond motifs is 1. The molecule has 0 amide bonds. The number of hydrogen-bond donors (Lipinski definition) is 1. The van der Waals surface area contributed by atoms with Crippen LogP contribution < -0.4 is 0 Å². The zero-order valence-corrected chi connectivity index (χ0v) is 18.6. The number of benzene rings is 2. The maximum Gasteiger partial charge on any atom is 0.155 e. The van der Waals surface area contributed by atoms with Gasteiger partial charge in [0, 0.05) is 26.2 Å². The van der Waals surface area contributed by atoms with E-state index < -0.39 is 0 Å². The fraction of sp³-hybridized carbons (Fsp3) is 0.217. The maximum atomic E-state index is 10.0. The van der Waals surface area contributed by atoms with Gasteiger partial charge in [0.15, 0.2) is 5.78 Å². The van der Waals surface area contributed by atoms with Crippen molar-refractivity contribution < 1.29 is 30.0 Å². The number of aryl methyl sites for hydroxylation is 3. The van der Waals surface area contributed by atoms with Gasteiger partial charge in [-0.2, -0.15) is 0 Å². The summed E-state index contributed by atoms with van der Waals surface area (Å²) in [6.07, 6.45) is 1.17. The first kappa shape index (κ1) is 22.7. The van der Waals surface area contributed by atoms with Crippen molar-refractivity contribution in [3.63, 3.8) is 0 Å². The van der Waals surface area contributed by atoms with Gasteiger partial charge in [0.05, 0.1) is 11.3 Å². The van der Waals surface area contributed by atoms with Crippen LogP contribution >= 0.6 is 0 Å². The third-order valence-electron chi connectivity index (χ3n) is 3.80. The number of aliphatic hydroxyl groups excluding tert-OH is 1. The minimum atomic E-state index is -0.125. The van der Waals surface area contributed by atoms with Crippen molar-refractivity contribution in [1.29, 1.82) is 0 Å². The van der Waals surface area contributed by atoms with Crippen molar-refractivity contribution in [3.8, 4) is 11.3 Å². The van der Waals surface area contributed by atoms with Gasteiger partial charge in [-0.25, -0.2) is 0 Å². The number of nitrogens with zero attached hydrogens (tertiary/aromatic N) is 1. The van der Waals surface area contributed by atoms with Gasteiger partial charge in [-0.3, -0.25) is 9.78 Å². The van der Waals surface area contributed by atoms with Crippen LogP contribution in [0.5, 0.6) is 0 Å². The summed E-state index contributed by atoms with van der Waals surface area (Å²) in [7, 11) is 0. The first-order chi connectivity index (χ1) is 12.3. The molecule has 0 fully saturated rings. The van der Waals surface area contributed by atoms with Crippen molar-refractivity contribution in [3.05, 3.63) is 77.1 Å². The molecule has 0 unspecified atom stereocenters. The fourth-order valence-corrected chi connectivity index (χ4v) is 2.62. The summed E-state index contributed by atoms with van der Waals surface area (Å²) in [5, 5.41) is 9.57. The summed E-state index contributed by atoms with van der Waals surface area (Å²) < 4.78 is 0. The minimum Gasteiger partial charge on any atom is -0.512 e. The summed E-state index contributed by atoms with van der Waals surface area (Å²) in [5.41, 5.74) is 6.81. The zero-order chi connectivity index (χ0) is 19.3. The smallest absolute Gasteiger partial charge is 0.155 e. The molecule has 27 heavy (non-hydrogen) atoms. The Labute approximate surface area is 174 Å². The Morgan fingerprint density at radius 2 is 1.70 bits per heavy atom. The van der Waals surface area contributed by atoms with E-state index >= 15 is 0 Å². The molecule has 4 heteroatoms.